The number of ether oxygens (including phenoxy) is 1. The van der Waals surface area contributed by atoms with Crippen molar-refractivity contribution in [3.05, 3.63) is 0 Å². The van der Waals surface area contributed by atoms with Crippen molar-refractivity contribution in [3.63, 3.8) is 0 Å². The molecule has 2 aliphatic rings. The van der Waals surface area contributed by atoms with Gasteiger partial charge in [-0.3, -0.25) is 0 Å². The van der Waals surface area contributed by atoms with E-state index in [0.29, 0.717) is 11.5 Å². The smallest absolute Gasteiger partial charge is 0.410 e. The number of carbonyl (C=O) groups is 1. The van der Waals surface area contributed by atoms with Crippen molar-refractivity contribution in [2.45, 2.75) is 78.9 Å². The van der Waals surface area contributed by atoms with E-state index in [9.17, 15) is 4.79 Å². The minimum absolute atomic E-state index is 0.179. The molecule has 4 nitrogen and oxygen atoms in total. The minimum atomic E-state index is -0.401. The van der Waals surface area contributed by atoms with Crippen molar-refractivity contribution in [3.8, 4) is 0 Å². The molecular formula is C19H36N2O2. The van der Waals surface area contributed by atoms with E-state index in [1.165, 1.54) is 25.7 Å². The Morgan fingerprint density at radius 3 is 2.09 bits per heavy atom. The van der Waals surface area contributed by atoms with Gasteiger partial charge in [0.25, 0.3) is 0 Å². The number of carbonyl (C=O) groups excluding carboxylic acids is 1. The van der Waals surface area contributed by atoms with E-state index in [4.69, 9.17) is 4.74 Å². The second-order valence-electron chi connectivity index (χ2n) is 9.57. The fourth-order valence-corrected chi connectivity index (χ4v) is 3.65. The van der Waals surface area contributed by atoms with Crippen LogP contribution in [0.25, 0.3) is 0 Å². The Balaban J connectivity index is 1.60. The van der Waals surface area contributed by atoms with Gasteiger partial charge in [0.15, 0.2) is 0 Å². The topological polar surface area (TPSA) is 41.6 Å². The van der Waals surface area contributed by atoms with Crippen LogP contribution in [0.2, 0.25) is 0 Å². The second-order valence-corrected chi connectivity index (χ2v) is 9.57. The van der Waals surface area contributed by atoms with Gasteiger partial charge < -0.3 is 15.0 Å². The molecule has 1 aliphatic carbocycles. The number of amides is 1. The van der Waals surface area contributed by atoms with Gasteiger partial charge in [-0.25, -0.2) is 4.79 Å². The zero-order valence-corrected chi connectivity index (χ0v) is 15.9. The van der Waals surface area contributed by atoms with Crippen molar-refractivity contribution >= 4 is 6.09 Å². The summed E-state index contributed by atoms with van der Waals surface area (Å²) in [6, 6.07) is 0.447. The van der Waals surface area contributed by atoms with Crippen LogP contribution >= 0.6 is 0 Å². The van der Waals surface area contributed by atoms with E-state index in [-0.39, 0.29) is 6.09 Å². The first kappa shape index (κ1) is 18.6. The zero-order chi connectivity index (χ0) is 17.3. The van der Waals surface area contributed by atoms with E-state index in [1.54, 1.807) is 4.90 Å². The van der Waals surface area contributed by atoms with Crippen LogP contribution in [-0.4, -0.2) is 42.3 Å². The van der Waals surface area contributed by atoms with Crippen molar-refractivity contribution in [2.24, 2.45) is 17.3 Å². The highest BCUT2D eigenvalue weighted by molar-refractivity contribution is 5.69. The van der Waals surface area contributed by atoms with E-state index in [1.807, 2.05) is 20.8 Å². The molecular weight excluding hydrogens is 288 g/mol. The van der Waals surface area contributed by atoms with Gasteiger partial charge >= 0.3 is 6.09 Å². The van der Waals surface area contributed by atoms with Gasteiger partial charge in [-0.1, -0.05) is 20.8 Å². The van der Waals surface area contributed by atoms with Crippen LogP contribution in [-0.2, 0) is 4.74 Å². The normalized spacial score (nSPS) is 26.8. The van der Waals surface area contributed by atoms with Crippen molar-refractivity contribution in [1.29, 1.82) is 0 Å². The summed E-state index contributed by atoms with van der Waals surface area (Å²) in [7, 11) is 0. The van der Waals surface area contributed by atoms with Gasteiger partial charge in [-0.2, -0.15) is 0 Å². The number of nitrogens with zero attached hydrogens (tertiary/aromatic N) is 1. The molecule has 1 amide bonds. The highest BCUT2D eigenvalue weighted by atomic mass is 16.6. The minimum Gasteiger partial charge on any atom is -0.444 e. The Morgan fingerprint density at radius 1 is 1.04 bits per heavy atom. The number of likely N-dealkylation sites (tertiary alicyclic amines) is 1. The lowest BCUT2D eigenvalue weighted by Gasteiger charge is -2.41. The zero-order valence-electron chi connectivity index (χ0n) is 15.9. The van der Waals surface area contributed by atoms with Gasteiger partial charge in [0, 0.05) is 19.1 Å². The molecule has 2 fully saturated rings. The third-order valence-electron chi connectivity index (χ3n) is 5.30. The van der Waals surface area contributed by atoms with Crippen LogP contribution in [0.1, 0.15) is 67.2 Å². The van der Waals surface area contributed by atoms with Crippen LogP contribution in [0.4, 0.5) is 4.79 Å². The summed E-state index contributed by atoms with van der Waals surface area (Å²) in [4.78, 5) is 13.7. The molecule has 0 bridgehead atoms. The van der Waals surface area contributed by atoms with Gasteiger partial charge in [0.1, 0.15) is 5.60 Å². The van der Waals surface area contributed by atoms with Crippen molar-refractivity contribution in [2.75, 3.05) is 19.6 Å². The quantitative estimate of drug-likeness (QED) is 0.851. The number of rotatable bonds is 3. The number of hydrogen-bond donors (Lipinski definition) is 1. The molecule has 1 saturated heterocycles. The third kappa shape index (κ3) is 5.66. The van der Waals surface area contributed by atoms with E-state index >= 15 is 0 Å². The lowest BCUT2D eigenvalue weighted by Crippen LogP contribution is -2.61. The van der Waals surface area contributed by atoms with Crippen LogP contribution in [0, 0.1) is 17.3 Å². The average molecular weight is 325 g/mol. The fraction of sp³-hybridized carbons (Fsp3) is 0.947. The van der Waals surface area contributed by atoms with Gasteiger partial charge in [-0.05, 0) is 70.3 Å². The molecule has 134 valence electrons. The summed E-state index contributed by atoms with van der Waals surface area (Å²) in [5.41, 5.74) is 0.0571. The first-order valence-corrected chi connectivity index (χ1v) is 9.26. The number of nitrogens with one attached hydrogen (secondary N) is 1. The monoisotopic (exact) mass is 324 g/mol. The van der Waals surface area contributed by atoms with Crippen LogP contribution in [0.15, 0.2) is 0 Å². The Kier molecular flexibility index (Phi) is 5.65. The second kappa shape index (κ2) is 7.00. The lowest BCUT2D eigenvalue weighted by molar-refractivity contribution is 0.00470. The first-order valence-electron chi connectivity index (χ1n) is 9.26. The Hall–Kier alpha value is -0.770. The molecule has 0 spiro atoms. The Labute approximate surface area is 142 Å². The van der Waals surface area contributed by atoms with Crippen LogP contribution < -0.4 is 5.32 Å². The summed E-state index contributed by atoms with van der Waals surface area (Å²) in [6.07, 6.45) is 5.24. The average Bonchev–Trinajstić information content (AvgIpc) is 2.34. The summed E-state index contributed by atoms with van der Waals surface area (Å²) in [6.45, 7) is 15.5. The van der Waals surface area contributed by atoms with Gasteiger partial charge in [0.2, 0.25) is 0 Å². The van der Waals surface area contributed by atoms with Crippen LogP contribution in [0.3, 0.4) is 0 Å². The highest BCUT2D eigenvalue weighted by Gasteiger charge is 2.34. The highest BCUT2D eigenvalue weighted by Crippen LogP contribution is 2.39. The fourth-order valence-electron chi connectivity index (χ4n) is 3.65. The SMILES string of the molecule is CC(C)(C)OC(=O)N1CC(NCC2CCC(C(C)(C)C)CC2)C1. The van der Waals surface area contributed by atoms with Gasteiger partial charge in [-0.15, -0.1) is 0 Å². The predicted octanol–water partition coefficient (Wildman–Crippen LogP) is 4.05. The molecule has 1 saturated carbocycles. The Morgan fingerprint density at radius 2 is 1.61 bits per heavy atom. The van der Waals surface area contributed by atoms with E-state index in [2.05, 4.69) is 26.1 Å². The van der Waals surface area contributed by atoms with Gasteiger partial charge in [0.05, 0.1) is 0 Å². The standard InChI is InChI=1S/C19H36N2O2/c1-18(2,3)15-9-7-14(8-10-15)11-20-16-12-21(13-16)17(22)23-19(4,5)6/h14-16,20H,7-13H2,1-6H3. The van der Waals surface area contributed by atoms with Crippen molar-refractivity contribution in [1.82, 2.24) is 10.2 Å². The molecule has 0 radical (unpaired) electrons. The maximum atomic E-state index is 11.9. The molecule has 0 aromatic rings. The summed E-state index contributed by atoms with van der Waals surface area (Å²) in [5.74, 6) is 1.69. The molecule has 0 aromatic carbocycles. The molecule has 0 atom stereocenters. The van der Waals surface area contributed by atoms with Crippen molar-refractivity contribution < 1.29 is 9.53 Å². The lowest BCUT2D eigenvalue weighted by atomic mass is 9.70. The summed E-state index contributed by atoms with van der Waals surface area (Å²) < 4.78 is 5.39. The molecule has 0 unspecified atom stereocenters. The molecule has 4 heteroatoms. The van der Waals surface area contributed by atoms with Crippen LogP contribution in [0.5, 0.6) is 0 Å². The first-order chi connectivity index (χ1) is 10.5. The molecule has 1 aliphatic heterocycles. The maximum absolute atomic E-state index is 11.9. The molecule has 1 heterocycles. The largest absolute Gasteiger partial charge is 0.444 e. The predicted molar refractivity (Wildman–Crippen MR) is 94.5 cm³/mol. The molecule has 1 N–H and O–H groups in total. The summed E-state index contributed by atoms with van der Waals surface area (Å²) >= 11 is 0. The molecule has 23 heavy (non-hydrogen) atoms. The van der Waals surface area contributed by atoms with E-state index in [0.717, 1.165) is 31.5 Å². The van der Waals surface area contributed by atoms with E-state index < -0.39 is 5.60 Å². The Bertz CT molecular complexity index is 395. The molecule has 2 rings (SSSR count). The maximum Gasteiger partial charge on any atom is 0.410 e. The third-order valence-corrected chi connectivity index (χ3v) is 5.30. The summed E-state index contributed by atoms with van der Waals surface area (Å²) in [5, 5.41) is 3.64. The molecule has 0 aromatic heterocycles. The number of hydrogen-bond acceptors (Lipinski definition) is 3.